The minimum absolute atomic E-state index is 0.136. The Hall–Kier alpha value is -1.43. The first-order valence-corrected chi connectivity index (χ1v) is 8.00. The van der Waals surface area contributed by atoms with Crippen molar-refractivity contribution in [2.75, 3.05) is 13.1 Å². The van der Waals surface area contributed by atoms with E-state index < -0.39 is 5.60 Å². The van der Waals surface area contributed by atoms with Crippen molar-refractivity contribution in [3.63, 3.8) is 0 Å². The molecule has 0 bridgehead atoms. The number of benzene rings is 1. The number of rotatable bonds is 3. The van der Waals surface area contributed by atoms with Crippen LogP contribution < -0.4 is 0 Å². The highest BCUT2D eigenvalue weighted by Gasteiger charge is 2.42. The predicted molar refractivity (Wildman–Crippen MR) is 83.7 cm³/mol. The van der Waals surface area contributed by atoms with Gasteiger partial charge in [-0.2, -0.15) is 0 Å². The van der Waals surface area contributed by atoms with Crippen molar-refractivity contribution in [3.8, 4) is 10.6 Å². The number of likely N-dealkylation sites (tertiary alicyclic amines) is 1. The van der Waals surface area contributed by atoms with E-state index in [2.05, 4.69) is 4.98 Å². The number of hydrogen-bond donors (Lipinski definition) is 1. The monoisotopic (exact) mass is 322 g/mol. The predicted octanol–water partition coefficient (Wildman–Crippen LogP) is 3.06. The van der Waals surface area contributed by atoms with Gasteiger partial charge in [-0.15, -0.1) is 11.3 Å². The first kappa shape index (κ1) is 14.5. The molecule has 3 rings (SSSR count). The van der Waals surface area contributed by atoms with Gasteiger partial charge in [0, 0.05) is 10.9 Å². The molecule has 0 spiro atoms. The largest absolute Gasteiger partial charge is 0.386 e. The summed E-state index contributed by atoms with van der Waals surface area (Å²) in [6.45, 7) is 2.67. The van der Waals surface area contributed by atoms with Crippen LogP contribution in [-0.2, 0) is 0 Å². The lowest BCUT2D eigenvalue weighted by Crippen LogP contribution is -2.63. The van der Waals surface area contributed by atoms with Gasteiger partial charge in [-0.25, -0.2) is 4.98 Å². The van der Waals surface area contributed by atoms with Crippen LogP contribution in [0.1, 0.15) is 23.8 Å². The van der Waals surface area contributed by atoms with E-state index in [1.165, 1.54) is 11.3 Å². The van der Waals surface area contributed by atoms with Crippen LogP contribution >= 0.6 is 22.9 Å². The molecule has 2 aromatic rings. The van der Waals surface area contributed by atoms with Crippen molar-refractivity contribution in [3.05, 3.63) is 40.4 Å². The molecule has 1 saturated heterocycles. The van der Waals surface area contributed by atoms with Crippen molar-refractivity contribution in [2.24, 2.45) is 0 Å². The molecule has 1 aliphatic rings. The van der Waals surface area contributed by atoms with Gasteiger partial charge in [0.15, 0.2) is 0 Å². The number of carbonyl (C=O) groups is 1. The first-order chi connectivity index (χ1) is 10.0. The van der Waals surface area contributed by atoms with Crippen LogP contribution in [0.15, 0.2) is 29.6 Å². The van der Waals surface area contributed by atoms with Crippen LogP contribution in [0.25, 0.3) is 10.6 Å². The van der Waals surface area contributed by atoms with E-state index in [4.69, 9.17) is 11.6 Å². The molecule has 2 heterocycles. The van der Waals surface area contributed by atoms with Crippen LogP contribution in [-0.4, -0.2) is 39.6 Å². The number of aliphatic hydroxyl groups is 1. The van der Waals surface area contributed by atoms with Crippen LogP contribution in [0.5, 0.6) is 0 Å². The third kappa shape index (κ3) is 2.69. The van der Waals surface area contributed by atoms with Gasteiger partial charge >= 0.3 is 0 Å². The molecule has 6 heteroatoms. The van der Waals surface area contributed by atoms with Gasteiger partial charge in [-0.1, -0.05) is 36.7 Å². The summed E-state index contributed by atoms with van der Waals surface area (Å²) in [6, 6.07) is 7.43. The van der Waals surface area contributed by atoms with E-state index in [0.717, 1.165) is 10.6 Å². The van der Waals surface area contributed by atoms with Gasteiger partial charge in [-0.3, -0.25) is 4.79 Å². The minimum Gasteiger partial charge on any atom is -0.386 e. The maximum Gasteiger partial charge on any atom is 0.273 e. The summed E-state index contributed by atoms with van der Waals surface area (Å²) in [7, 11) is 0. The number of hydrogen-bond acceptors (Lipinski definition) is 4. The number of carbonyl (C=O) groups excluding carboxylic acids is 1. The molecule has 1 aromatic carbocycles. The van der Waals surface area contributed by atoms with E-state index in [9.17, 15) is 9.90 Å². The van der Waals surface area contributed by atoms with Crippen LogP contribution in [0.2, 0.25) is 5.02 Å². The summed E-state index contributed by atoms with van der Waals surface area (Å²) in [5.41, 5.74) is 0.516. The normalized spacial score (nSPS) is 16.6. The fraction of sp³-hybridized carbons (Fsp3) is 0.333. The molecule has 0 radical (unpaired) electrons. The van der Waals surface area contributed by atoms with E-state index in [0.29, 0.717) is 30.2 Å². The van der Waals surface area contributed by atoms with E-state index in [1.807, 2.05) is 25.1 Å². The van der Waals surface area contributed by atoms with E-state index >= 15 is 0 Å². The smallest absolute Gasteiger partial charge is 0.273 e. The Morgan fingerprint density at radius 1 is 1.48 bits per heavy atom. The van der Waals surface area contributed by atoms with Gasteiger partial charge in [0.1, 0.15) is 10.7 Å². The second kappa shape index (κ2) is 5.40. The molecule has 1 fully saturated rings. The number of amides is 1. The van der Waals surface area contributed by atoms with Crippen LogP contribution in [0, 0.1) is 0 Å². The summed E-state index contributed by atoms with van der Waals surface area (Å²) >= 11 is 7.54. The Morgan fingerprint density at radius 2 is 2.19 bits per heavy atom. The summed E-state index contributed by atoms with van der Waals surface area (Å²) in [6.07, 6.45) is 0.652. The molecule has 0 saturated carbocycles. The summed E-state index contributed by atoms with van der Waals surface area (Å²) < 4.78 is 0. The topological polar surface area (TPSA) is 53.4 Å². The molecule has 1 N–H and O–H groups in total. The average Bonchev–Trinajstić information content (AvgIpc) is 2.93. The molecule has 0 unspecified atom stereocenters. The molecule has 0 atom stereocenters. The Morgan fingerprint density at radius 3 is 2.86 bits per heavy atom. The molecular formula is C15H15ClN2O2S. The maximum absolute atomic E-state index is 12.3. The number of nitrogens with zero attached hydrogens (tertiary/aromatic N) is 2. The van der Waals surface area contributed by atoms with Crippen molar-refractivity contribution >= 4 is 28.8 Å². The molecular weight excluding hydrogens is 308 g/mol. The molecule has 1 aliphatic heterocycles. The van der Waals surface area contributed by atoms with Gasteiger partial charge in [0.25, 0.3) is 5.91 Å². The number of β-amino-alcohol motifs (C(OH)–C–C–N with tert-alkyl or cyclic N) is 1. The summed E-state index contributed by atoms with van der Waals surface area (Å²) in [5, 5.41) is 13.1. The second-order valence-corrected chi connectivity index (χ2v) is 6.52. The third-order valence-corrected chi connectivity index (χ3v) is 4.95. The summed E-state index contributed by atoms with van der Waals surface area (Å²) in [4.78, 5) is 18.3. The average molecular weight is 323 g/mol. The molecule has 1 aromatic heterocycles. The lowest BCUT2D eigenvalue weighted by Gasteiger charge is -2.45. The highest BCUT2D eigenvalue weighted by molar-refractivity contribution is 7.13. The fourth-order valence-corrected chi connectivity index (χ4v) is 3.44. The molecule has 0 aliphatic carbocycles. The van der Waals surface area contributed by atoms with Gasteiger partial charge in [0.2, 0.25) is 0 Å². The molecule has 1 amide bonds. The Bertz CT molecular complexity index is 680. The van der Waals surface area contributed by atoms with Crippen molar-refractivity contribution < 1.29 is 9.90 Å². The first-order valence-electron chi connectivity index (χ1n) is 6.74. The quantitative estimate of drug-likeness (QED) is 0.945. The van der Waals surface area contributed by atoms with Crippen LogP contribution in [0.3, 0.4) is 0 Å². The highest BCUT2D eigenvalue weighted by Crippen LogP contribution is 2.31. The Balaban J connectivity index is 1.77. The van der Waals surface area contributed by atoms with Crippen molar-refractivity contribution in [1.82, 2.24) is 9.88 Å². The zero-order valence-electron chi connectivity index (χ0n) is 11.5. The minimum atomic E-state index is -0.725. The van der Waals surface area contributed by atoms with Crippen molar-refractivity contribution in [1.29, 1.82) is 0 Å². The van der Waals surface area contributed by atoms with Crippen molar-refractivity contribution in [2.45, 2.75) is 18.9 Å². The molecule has 21 heavy (non-hydrogen) atoms. The van der Waals surface area contributed by atoms with Gasteiger partial charge in [0.05, 0.1) is 23.7 Å². The zero-order valence-corrected chi connectivity index (χ0v) is 13.1. The fourth-order valence-electron chi connectivity index (χ4n) is 2.32. The lowest BCUT2D eigenvalue weighted by atomic mass is 9.91. The zero-order chi connectivity index (χ0) is 15.0. The lowest BCUT2D eigenvalue weighted by molar-refractivity contribution is -0.0827. The number of aromatic nitrogens is 1. The SMILES string of the molecule is CCC1(O)CN(C(=O)c2csc(-c3ccccc3Cl)n2)C1. The van der Waals surface area contributed by atoms with E-state index in [1.54, 1.807) is 16.3 Å². The highest BCUT2D eigenvalue weighted by atomic mass is 35.5. The number of thiazole rings is 1. The standard InChI is InChI=1S/C15H15ClN2O2S/c1-2-15(20)8-18(9-15)14(19)12-7-21-13(17-12)10-5-3-4-6-11(10)16/h3-7,20H,2,8-9H2,1H3. The third-order valence-electron chi connectivity index (χ3n) is 3.74. The van der Waals surface area contributed by atoms with Gasteiger partial charge in [-0.05, 0) is 12.5 Å². The van der Waals surface area contributed by atoms with Gasteiger partial charge < -0.3 is 10.0 Å². The van der Waals surface area contributed by atoms with E-state index in [-0.39, 0.29) is 5.91 Å². The Kier molecular flexibility index (Phi) is 3.73. The number of halogens is 1. The molecule has 4 nitrogen and oxygen atoms in total. The molecule has 110 valence electrons. The summed E-state index contributed by atoms with van der Waals surface area (Å²) in [5.74, 6) is -0.136. The Labute approximate surface area is 132 Å². The maximum atomic E-state index is 12.3. The second-order valence-electron chi connectivity index (χ2n) is 5.26. The van der Waals surface area contributed by atoms with Crippen LogP contribution in [0.4, 0.5) is 0 Å².